The van der Waals surface area contributed by atoms with Crippen LogP contribution in [0.5, 0.6) is 0 Å². The highest BCUT2D eigenvalue weighted by molar-refractivity contribution is 7.91. The lowest BCUT2D eigenvalue weighted by Gasteiger charge is -2.32. The van der Waals surface area contributed by atoms with Crippen molar-refractivity contribution in [2.75, 3.05) is 18.0 Å². The van der Waals surface area contributed by atoms with Crippen LogP contribution in [0.15, 0.2) is 34.2 Å². The molecule has 3 rings (SSSR count). The van der Waals surface area contributed by atoms with Gasteiger partial charge >= 0.3 is 12.1 Å². The van der Waals surface area contributed by atoms with Crippen LogP contribution in [0.1, 0.15) is 62.8 Å². The Morgan fingerprint density at radius 2 is 1.74 bits per heavy atom. The maximum absolute atomic E-state index is 12.8. The highest BCUT2D eigenvalue weighted by atomic mass is 32.2. The third-order valence-corrected chi connectivity index (χ3v) is 8.17. The van der Waals surface area contributed by atoms with Gasteiger partial charge in [-0.15, -0.1) is 0 Å². The van der Waals surface area contributed by atoms with Crippen molar-refractivity contribution in [3.8, 4) is 0 Å². The molecular weight excluding hydrogens is 523 g/mol. The maximum Gasteiger partial charge on any atom is 0.416 e. The molecule has 1 unspecified atom stereocenters. The largest absolute Gasteiger partial charge is 0.416 e. The highest BCUT2D eigenvalue weighted by Gasteiger charge is 2.50. The van der Waals surface area contributed by atoms with Gasteiger partial charge in [0.05, 0.1) is 16.2 Å². The first-order valence-corrected chi connectivity index (χ1v) is 13.7. The lowest BCUT2D eigenvalue weighted by molar-refractivity contribution is -0.167. The summed E-state index contributed by atoms with van der Waals surface area (Å²) in [5.74, 6) is 0.177. The Balaban J connectivity index is 0.00000507. The van der Waals surface area contributed by atoms with E-state index < -0.39 is 27.5 Å². The van der Waals surface area contributed by atoms with Crippen LogP contribution in [0, 0.1) is 13.8 Å². The SMILES string of the molecule is CCCC1=Nc2c(N)nc(C)c(C)c2[N+]1(CCCCCS(=O)(=O)c1ccc(C(F)(F)F)cc1)OC(C)=O.N. The molecule has 1 aromatic heterocycles. The van der Waals surface area contributed by atoms with Crippen molar-refractivity contribution < 1.29 is 31.2 Å². The Morgan fingerprint density at radius 3 is 2.29 bits per heavy atom. The Labute approximate surface area is 221 Å². The van der Waals surface area contributed by atoms with E-state index in [-0.39, 0.29) is 33.7 Å². The summed E-state index contributed by atoms with van der Waals surface area (Å²) in [7, 11) is -3.75. The Bertz CT molecular complexity index is 1310. The zero-order chi connectivity index (χ0) is 27.6. The van der Waals surface area contributed by atoms with Gasteiger partial charge in [0, 0.05) is 31.0 Å². The van der Waals surface area contributed by atoms with Crippen LogP contribution in [0.25, 0.3) is 0 Å². The number of anilines is 1. The van der Waals surface area contributed by atoms with Gasteiger partial charge < -0.3 is 11.9 Å². The van der Waals surface area contributed by atoms with E-state index in [1.54, 1.807) is 0 Å². The van der Waals surface area contributed by atoms with Crippen LogP contribution in [0.3, 0.4) is 0 Å². The number of carbonyl (C=O) groups excluding carboxylic acids is 1. The number of nitrogens with zero attached hydrogens (tertiary/aromatic N) is 3. The van der Waals surface area contributed by atoms with Gasteiger partial charge in [0.2, 0.25) is 5.69 Å². The average Bonchev–Trinajstić information content (AvgIpc) is 3.11. The van der Waals surface area contributed by atoms with Crippen molar-refractivity contribution in [3.05, 3.63) is 41.1 Å². The molecule has 5 N–H and O–H groups in total. The quantitative estimate of drug-likeness (QED) is 0.279. The van der Waals surface area contributed by atoms with Gasteiger partial charge in [-0.2, -0.15) is 18.2 Å². The van der Waals surface area contributed by atoms with Crippen molar-refractivity contribution in [1.29, 1.82) is 0 Å². The predicted molar refractivity (Wildman–Crippen MR) is 141 cm³/mol. The standard InChI is InChI=1S/C25H32F3N4O4S.H3N/c1-5-9-21-31-22-23(16(2)17(3)30-24(22)29)32(21,36-18(4)33)14-7-6-8-15-37(34,35)20-12-10-19(11-13-20)25(26,27)28;/h10-13H,5-9,14-15H2,1-4H3,(H2,29,30);1H3/q+1;. The highest BCUT2D eigenvalue weighted by Crippen LogP contribution is 2.48. The average molecular weight is 559 g/mol. The van der Waals surface area contributed by atoms with E-state index in [0.29, 0.717) is 48.7 Å². The summed E-state index contributed by atoms with van der Waals surface area (Å²) in [4.78, 5) is 27.0. The number of fused-ring (bicyclic) bond motifs is 1. The summed E-state index contributed by atoms with van der Waals surface area (Å²) in [5, 5.41) is 0. The van der Waals surface area contributed by atoms with Crippen molar-refractivity contribution >= 4 is 38.8 Å². The molecule has 1 aromatic carbocycles. The van der Waals surface area contributed by atoms with Gasteiger partial charge in [0.1, 0.15) is 6.54 Å². The molecule has 9 nitrogen and oxygen atoms in total. The number of nitrogen functional groups attached to an aromatic ring is 1. The van der Waals surface area contributed by atoms with Gasteiger partial charge in [0.25, 0.3) is 5.84 Å². The first-order valence-electron chi connectivity index (χ1n) is 12.1. The number of aryl methyl sites for hydroxylation is 1. The number of amidine groups is 1. The van der Waals surface area contributed by atoms with E-state index in [2.05, 4.69) is 4.98 Å². The van der Waals surface area contributed by atoms with Crippen LogP contribution < -0.4 is 16.5 Å². The molecule has 1 aliphatic rings. The van der Waals surface area contributed by atoms with E-state index in [0.717, 1.165) is 36.2 Å². The van der Waals surface area contributed by atoms with Gasteiger partial charge in [-0.3, -0.25) is 4.84 Å². The van der Waals surface area contributed by atoms with Crippen molar-refractivity contribution in [1.82, 2.24) is 15.8 Å². The van der Waals surface area contributed by atoms with Crippen molar-refractivity contribution in [2.45, 2.75) is 70.9 Å². The number of quaternary nitrogens is 1. The van der Waals surface area contributed by atoms with Gasteiger partial charge in [0.15, 0.2) is 21.3 Å². The molecule has 2 heterocycles. The van der Waals surface area contributed by atoms with Crippen LogP contribution in [-0.2, 0) is 25.6 Å². The summed E-state index contributed by atoms with van der Waals surface area (Å²) in [6.45, 7) is 7.33. The fraction of sp³-hybridized carbons (Fsp3) is 0.480. The first-order chi connectivity index (χ1) is 17.2. The number of benzene rings is 1. The second-order valence-electron chi connectivity index (χ2n) is 9.13. The summed E-state index contributed by atoms with van der Waals surface area (Å²) in [6, 6.07) is 3.50. The number of unbranched alkanes of at least 4 members (excludes halogenated alkanes) is 2. The zero-order valence-electron chi connectivity index (χ0n) is 22.1. The van der Waals surface area contributed by atoms with Crippen molar-refractivity contribution in [2.24, 2.45) is 4.99 Å². The lowest BCUT2D eigenvalue weighted by Crippen LogP contribution is -2.54. The van der Waals surface area contributed by atoms with Crippen LogP contribution >= 0.6 is 0 Å². The minimum atomic E-state index is -4.53. The first kappa shape index (κ1) is 31.2. The monoisotopic (exact) mass is 558 g/mol. The molecule has 1 atom stereocenters. The number of hydroxylamine groups is 2. The maximum atomic E-state index is 12.8. The molecule has 210 valence electrons. The summed E-state index contributed by atoms with van der Waals surface area (Å²) >= 11 is 0. The molecule has 38 heavy (non-hydrogen) atoms. The number of nitrogens with two attached hydrogens (primary N) is 1. The minimum Gasteiger partial charge on any atom is -0.382 e. The smallest absolute Gasteiger partial charge is 0.382 e. The molecule has 13 heteroatoms. The third-order valence-electron chi connectivity index (χ3n) is 6.36. The minimum absolute atomic E-state index is 0. The van der Waals surface area contributed by atoms with E-state index in [4.69, 9.17) is 15.6 Å². The van der Waals surface area contributed by atoms with Gasteiger partial charge in [-0.25, -0.2) is 18.2 Å². The summed E-state index contributed by atoms with van der Waals surface area (Å²) < 4.78 is 63.4. The number of pyridine rings is 1. The second kappa shape index (κ2) is 11.8. The van der Waals surface area contributed by atoms with Crippen molar-refractivity contribution in [3.63, 3.8) is 0 Å². The molecule has 1 aliphatic heterocycles. The topological polar surface area (TPSA) is 147 Å². The fourth-order valence-corrected chi connectivity index (χ4v) is 5.89. The van der Waals surface area contributed by atoms with Crippen LogP contribution in [0.2, 0.25) is 0 Å². The predicted octanol–water partition coefficient (Wildman–Crippen LogP) is 5.73. The van der Waals surface area contributed by atoms with Crippen LogP contribution in [0.4, 0.5) is 30.4 Å². The number of sulfone groups is 1. The number of halogens is 3. The fourth-order valence-electron chi connectivity index (χ4n) is 4.52. The molecule has 0 aliphatic carbocycles. The molecule has 0 radical (unpaired) electrons. The number of alkyl halides is 3. The van der Waals surface area contributed by atoms with Crippen LogP contribution in [-0.4, -0.2) is 37.5 Å². The molecule has 0 saturated carbocycles. The molecular formula is C25H35F3N5O4S+. The Hall–Kier alpha value is -3.03. The lowest BCUT2D eigenvalue weighted by atomic mass is 10.1. The molecule has 0 fully saturated rings. The number of hydrogen-bond acceptors (Lipinski definition) is 8. The molecule has 0 bridgehead atoms. The Morgan fingerprint density at radius 1 is 1.11 bits per heavy atom. The number of hydrogen-bond donors (Lipinski definition) is 2. The normalized spacial score (nSPS) is 17.0. The summed E-state index contributed by atoms with van der Waals surface area (Å²) in [5.41, 5.74) is 7.92. The second-order valence-corrected chi connectivity index (χ2v) is 11.2. The van der Waals surface area contributed by atoms with E-state index in [1.165, 1.54) is 6.92 Å². The molecule has 0 spiro atoms. The van der Waals surface area contributed by atoms with E-state index in [9.17, 15) is 26.4 Å². The van der Waals surface area contributed by atoms with E-state index >= 15 is 0 Å². The zero-order valence-corrected chi connectivity index (χ0v) is 22.9. The number of aliphatic imine (C=N–C) groups is 1. The Kier molecular flexibility index (Phi) is 9.67. The molecule has 0 amide bonds. The van der Waals surface area contributed by atoms with Gasteiger partial charge in [-0.1, -0.05) is 11.6 Å². The number of aromatic nitrogens is 1. The molecule has 0 saturated heterocycles. The molecule has 2 aromatic rings. The van der Waals surface area contributed by atoms with E-state index in [1.807, 2.05) is 20.8 Å². The number of rotatable bonds is 10. The summed E-state index contributed by atoms with van der Waals surface area (Å²) in [6.07, 6.45) is -1.96. The van der Waals surface area contributed by atoms with Gasteiger partial charge in [-0.05, 0) is 57.4 Å². The third kappa shape index (κ3) is 6.33. The number of carbonyl (C=O) groups is 1.